The van der Waals surface area contributed by atoms with Crippen LogP contribution < -0.4 is 17.0 Å². The van der Waals surface area contributed by atoms with E-state index in [1.165, 1.54) is 0 Å². The highest BCUT2D eigenvalue weighted by Crippen LogP contribution is 1.87. The molecule has 0 saturated carbocycles. The quantitative estimate of drug-likeness (QED) is 0.373. The maximum Gasteiger partial charge on any atom is 0.161 e. The van der Waals surface area contributed by atoms with Crippen LogP contribution in [0.15, 0.2) is 0 Å². The summed E-state index contributed by atoms with van der Waals surface area (Å²) in [6.07, 6.45) is 4.41. The van der Waals surface area contributed by atoms with Crippen LogP contribution in [0, 0.1) is 0 Å². The van der Waals surface area contributed by atoms with Crippen molar-refractivity contribution >= 4 is 26.8 Å². The van der Waals surface area contributed by atoms with Gasteiger partial charge in [-0.3, -0.25) is 0 Å². The molecule has 3 heteroatoms. The average Bonchev–Trinajstić information content (AvgIpc) is 1.38. The molecule has 0 aliphatic heterocycles. The Labute approximate surface area is 60.9 Å². The van der Waals surface area contributed by atoms with Crippen molar-refractivity contribution in [2.24, 2.45) is 0 Å². The van der Waals surface area contributed by atoms with E-state index in [1.54, 1.807) is 0 Å². The molecule has 0 nitrogen and oxygen atoms in total. The van der Waals surface area contributed by atoms with Crippen LogP contribution in [0.5, 0.6) is 0 Å². The van der Waals surface area contributed by atoms with Crippen LogP contribution >= 0.6 is 15.9 Å². The molecule has 0 amide bonds. The number of halogens is 2. The zero-order valence-electron chi connectivity index (χ0n) is 3.87. The number of hydrogen-bond acceptors (Lipinski definition) is 0. The minimum absolute atomic E-state index is 0. The lowest BCUT2D eigenvalue weighted by molar-refractivity contribution is -0.00000114. The highest BCUT2D eigenvalue weighted by molar-refractivity contribution is 9.10. The number of rotatable bonds is 1. The first-order chi connectivity index (χ1) is 2.27. The minimum Gasteiger partial charge on any atom is -1.00 e. The Morgan fingerprint density at radius 2 is 1.67 bits per heavy atom. The summed E-state index contributed by atoms with van der Waals surface area (Å²) < 4.78 is 1.15. The van der Waals surface area contributed by atoms with Gasteiger partial charge in [0, 0.05) is 0 Å². The molecule has 40 valence electrons. The molecular weight excluding hydrogens is 228 g/mol. The number of hydrogen-bond donors (Lipinski definition) is 0. The SMILES string of the molecule is C[S+](C)CBr.[Br-]. The lowest BCUT2D eigenvalue weighted by Gasteiger charge is -1.79. The van der Waals surface area contributed by atoms with Crippen molar-refractivity contribution in [3.05, 3.63) is 0 Å². The maximum atomic E-state index is 3.33. The van der Waals surface area contributed by atoms with Crippen LogP contribution in [-0.4, -0.2) is 17.2 Å². The highest BCUT2D eigenvalue weighted by atomic mass is 79.9. The van der Waals surface area contributed by atoms with Gasteiger partial charge in [-0.1, -0.05) is 0 Å². The minimum atomic E-state index is 0. The molecule has 0 rings (SSSR count). The van der Waals surface area contributed by atoms with Gasteiger partial charge in [0.15, 0.2) is 4.66 Å². The second-order valence-electron chi connectivity index (χ2n) is 1.09. The van der Waals surface area contributed by atoms with E-state index in [0.29, 0.717) is 10.9 Å². The zero-order valence-corrected chi connectivity index (χ0v) is 7.86. The van der Waals surface area contributed by atoms with Crippen molar-refractivity contribution in [2.75, 3.05) is 17.2 Å². The molecule has 0 aliphatic rings. The fourth-order valence-electron chi connectivity index (χ4n) is 0. The van der Waals surface area contributed by atoms with Crippen LogP contribution in [0.4, 0.5) is 0 Å². The summed E-state index contributed by atoms with van der Waals surface area (Å²) in [6, 6.07) is 0. The third-order valence-corrected chi connectivity index (χ3v) is 3.40. The van der Waals surface area contributed by atoms with E-state index in [1.807, 2.05) is 0 Å². The van der Waals surface area contributed by atoms with E-state index in [-0.39, 0.29) is 17.0 Å². The first kappa shape index (κ1) is 10.3. The van der Waals surface area contributed by atoms with Crippen LogP contribution in [0.25, 0.3) is 0 Å². The van der Waals surface area contributed by atoms with Crippen LogP contribution in [0.3, 0.4) is 0 Å². The Morgan fingerprint density at radius 3 is 1.67 bits per heavy atom. The molecule has 6 heavy (non-hydrogen) atoms. The molecule has 0 aromatic heterocycles. The summed E-state index contributed by atoms with van der Waals surface area (Å²) in [5.74, 6) is 0. The van der Waals surface area contributed by atoms with Gasteiger partial charge in [0.1, 0.15) is 0 Å². The lowest BCUT2D eigenvalue weighted by Crippen LogP contribution is -3.00. The standard InChI is InChI=1S/C3H8BrS.BrH/c1-5(2)3-4;/h3H2,1-2H3;1H/q+1;/p-1. The Bertz CT molecular complexity index is 22.8. The van der Waals surface area contributed by atoms with Gasteiger partial charge in [-0.25, -0.2) is 0 Å². The molecular formula is C3H8Br2S. The molecule has 0 aromatic rings. The van der Waals surface area contributed by atoms with Gasteiger partial charge in [-0.2, -0.15) is 0 Å². The smallest absolute Gasteiger partial charge is 0.161 e. The summed E-state index contributed by atoms with van der Waals surface area (Å²) in [5.41, 5.74) is 0. The Kier molecular flexibility index (Phi) is 10.9. The van der Waals surface area contributed by atoms with Gasteiger partial charge in [-0.05, 0) is 26.8 Å². The summed E-state index contributed by atoms with van der Waals surface area (Å²) in [6.45, 7) is 0. The fraction of sp³-hybridized carbons (Fsp3) is 1.00. The Balaban J connectivity index is 0. The third kappa shape index (κ3) is 9.00. The van der Waals surface area contributed by atoms with Crippen LogP contribution in [0.2, 0.25) is 0 Å². The third-order valence-electron chi connectivity index (χ3n) is 0.218. The van der Waals surface area contributed by atoms with Crippen LogP contribution in [-0.2, 0) is 10.9 Å². The predicted octanol–water partition coefficient (Wildman–Crippen LogP) is -1.78. The fourth-order valence-corrected chi connectivity index (χ4v) is 0. The predicted molar refractivity (Wildman–Crippen MR) is 33.0 cm³/mol. The van der Waals surface area contributed by atoms with E-state index >= 15 is 0 Å². The average molecular weight is 236 g/mol. The van der Waals surface area contributed by atoms with E-state index in [9.17, 15) is 0 Å². The van der Waals surface area contributed by atoms with Crippen LogP contribution in [0.1, 0.15) is 0 Å². The molecule has 0 unspecified atom stereocenters. The van der Waals surface area contributed by atoms with Crippen molar-refractivity contribution in [1.29, 1.82) is 0 Å². The van der Waals surface area contributed by atoms with Crippen molar-refractivity contribution in [3.63, 3.8) is 0 Å². The number of alkyl halides is 1. The zero-order chi connectivity index (χ0) is 4.28. The molecule has 0 fully saturated rings. The highest BCUT2D eigenvalue weighted by Gasteiger charge is 1.91. The lowest BCUT2D eigenvalue weighted by atomic mass is 11.9. The summed E-state index contributed by atoms with van der Waals surface area (Å²) in [5, 5.41) is 0. The monoisotopic (exact) mass is 234 g/mol. The second-order valence-corrected chi connectivity index (χ2v) is 4.66. The first-order valence-corrected chi connectivity index (χ1v) is 4.70. The second kappa shape index (κ2) is 6.31. The molecule has 0 bridgehead atoms. The summed E-state index contributed by atoms with van der Waals surface area (Å²) >= 11 is 3.33. The van der Waals surface area contributed by atoms with Gasteiger partial charge in [0.25, 0.3) is 0 Å². The normalized spacial score (nSPS) is 8.00. The Morgan fingerprint density at radius 1 is 1.50 bits per heavy atom. The molecule has 0 aromatic carbocycles. The van der Waals surface area contributed by atoms with E-state index < -0.39 is 0 Å². The molecule has 0 aliphatic carbocycles. The van der Waals surface area contributed by atoms with Gasteiger partial charge in [0.2, 0.25) is 0 Å². The summed E-state index contributed by atoms with van der Waals surface area (Å²) in [4.78, 5) is 0. The molecule has 0 N–H and O–H groups in total. The maximum absolute atomic E-state index is 3.33. The van der Waals surface area contributed by atoms with E-state index in [0.717, 1.165) is 4.66 Å². The van der Waals surface area contributed by atoms with Gasteiger partial charge < -0.3 is 17.0 Å². The van der Waals surface area contributed by atoms with Crippen molar-refractivity contribution in [2.45, 2.75) is 0 Å². The van der Waals surface area contributed by atoms with Gasteiger partial charge in [0.05, 0.1) is 12.5 Å². The van der Waals surface area contributed by atoms with Crippen molar-refractivity contribution in [1.82, 2.24) is 0 Å². The molecule has 0 heterocycles. The van der Waals surface area contributed by atoms with Gasteiger partial charge >= 0.3 is 0 Å². The topological polar surface area (TPSA) is 0 Å². The van der Waals surface area contributed by atoms with E-state index in [4.69, 9.17) is 0 Å². The molecule has 0 radical (unpaired) electrons. The molecule has 0 spiro atoms. The molecule has 0 atom stereocenters. The van der Waals surface area contributed by atoms with Crippen molar-refractivity contribution < 1.29 is 17.0 Å². The first-order valence-electron chi connectivity index (χ1n) is 1.37. The Hall–Kier alpha value is 1.31. The largest absolute Gasteiger partial charge is 1.00 e. The molecule has 0 saturated heterocycles. The summed E-state index contributed by atoms with van der Waals surface area (Å²) in [7, 11) is 0.594. The van der Waals surface area contributed by atoms with Crippen molar-refractivity contribution in [3.8, 4) is 0 Å². The van der Waals surface area contributed by atoms with E-state index in [2.05, 4.69) is 28.4 Å². The van der Waals surface area contributed by atoms with Gasteiger partial charge in [-0.15, -0.1) is 0 Å².